The molecule has 31 heavy (non-hydrogen) atoms. The Balaban J connectivity index is 1.78. The number of hydrogen-bond donors (Lipinski definition) is 3. The lowest BCUT2D eigenvalue weighted by Gasteiger charge is -2.13. The molecule has 0 aliphatic rings. The third-order valence-corrected chi connectivity index (χ3v) is 4.33. The summed E-state index contributed by atoms with van der Waals surface area (Å²) in [6.07, 6.45) is 0.110. The van der Waals surface area contributed by atoms with E-state index < -0.39 is 29.7 Å². The molecule has 1 atom stereocenters. The molecular weight excluding hydrogens is 406 g/mol. The van der Waals surface area contributed by atoms with Gasteiger partial charge in [-0.2, -0.15) is 0 Å². The van der Waals surface area contributed by atoms with Gasteiger partial charge in [0, 0.05) is 13.3 Å². The molecule has 9 heteroatoms. The monoisotopic (exact) mass is 429 g/mol. The minimum atomic E-state index is -1.09. The Kier molecular flexibility index (Phi) is 8.71. The van der Waals surface area contributed by atoms with E-state index >= 15 is 0 Å². The number of aromatic carboxylic acids is 1. The van der Waals surface area contributed by atoms with Gasteiger partial charge in [0.05, 0.1) is 18.1 Å². The molecule has 0 bridgehead atoms. The fourth-order valence-electron chi connectivity index (χ4n) is 2.80. The molecule has 0 spiro atoms. The van der Waals surface area contributed by atoms with Gasteiger partial charge in [-0.1, -0.05) is 24.3 Å². The molecule has 3 N–H and O–H groups in total. The molecule has 0 aliphatic carbocycles. The van der Waals surface area contributed by atoms with Gasteiger partial charge in [-0.15, -0.1) is 0 Å². The van der Waals surface area contributed by atoms with Crippen molar-refractivity contribution < 1.29 is 39.0 Å². The molecular formula is C22H23NO8. The average Bonchev–Trinajstić information content (AvgIpc) is 2.72. The first-order valence-corrected chi connectivity index (χ1v) is 9.47. The quantitative estimate of drug-likeness (QED) is 0.281. The van der Waals surface area contributed by atoms with E-state index in [0.29, 0.717) is 11.3 Å². The number of benzene rings is 2. The Labute approximate surface area is 178 Å². The van der Waals surface area contributed by atoms with Crippen molar-refractivity contribution in [3.05, 3.63) is 65.2 Å². The zero-order valence-electron chi connectivity index (χ0n) is 16.9. The van der Waals surface area contributed by atoms with Crippen LogP contribution in [0.25, 0.3) is 0 Å². The van der Waals surface area contributed by atoms with Crippen LogP contribution in [0.5, 0.6) is 5.75 Å². The lowest BCUT2D eigenvalue weighted by Crippen LogP contribution is -2.25. The first-order chi connectivity index (χ1) is 14.7. The van der Waals surface area contributed by atoms with Gasteiger partial charge < -0.3 is 14.9 Å². The standard InChI is InChI=1S/C22H23NO8/c1-14(24)31-19-8-5-15(6-9-19)13-30-23-20(25)10-7-18(22(28)29)12-16-3-2-4-17(11-16)21(26)27/h2-6,8-9,11,18H,7,10,12-13H2,1H3,(H,23,25)(H,26,27)(H,28,29)/t18-/m0/s1. The number of hydrogen-bond acceptors (Lipinski definition) is 6. The van der Waals surface area contributed by atoms with Gasteiger partial charge in [-0.25, -0.2) is 10.3 Å². The van der Waals surface area contributed by atoms with Crippen molar-refractivity contribution in [3.63, 3.8) is 0 Å². The van der Waals surface area contributed by atoms with Crippen LogP contribution in [-0.4, -0.2) is 34.0 Å². The summed E-state index contributed by atoms with van der Waals surface area (Å²) >= 11 is 0. The summed E-state index contributed by atoms with van der Waals surface area (Å²) in [6.45, 7) is 1.38. The van der Waals surface area contributed by atoms with E-state index in [-0.39, 0.29) is 31.4 Å². The highest BCUT2D eigenvalue weighted by atomic mass is 16.6. The maximum atomic E-state index is 12.0. The average molecular weight is 429 g/mol. The molecule has 0 heterocycles. The van der Waals surface area contributed by atoms with Gasteiger partial charge in [0.15, 0.2) is 0 Å². The Bertz CT molecular complexity index is 939. The highest BCUT2D eigenvalue weighted by Gasteiger charge is 2.20. The lowest BCUT2D eigenvalue weighted by molar-refractivity contribution is -0.142. The van der Waals surface area contributed by atoms with Gasteiger partial charge in [0.1, 0.15) is 5.75 Å². The maximum Gasteiger partial charge on any atom is 0.335 e. The number of amides is 1. The van der Waals surface area contributed by atoms with Gasteiger partial charge in [0.25, 0.3) is 0 Å². The summed E-state index contributed by atoms with van der Waals surface area (Å²) in [6, 6.07) is 12.6. The predicted octanol–water partition coefficient (Wildman–Crippen LogP) is 2.58. The zero-order chi connectivity index (χ0) is 22.8. The van der Waals surface area contributed by atoms with Crippen LogP contribution in [0.4, 0.5) is 0 Å². The third-order valence-electron chi connectivity index (χ3n) is 4.33. The number of carbonyl (C=O) groups excluding carboxylic acids is 2. The molecule has 0 saturated heterocycles. The van der Waals surface area contributed by atoms with E-state index in [2.05, 4.69) is 5.48 Å². The Morgan fingerprint density at radius 1 is 1.00 bits per heavy atom. The number of carboxylic acids is 2. The second kappa shape index (κ2) is 11.5. The van der Waals surface area contributed by atoms with Crippen molar-refractivity contribution >= 4 is 23.8 Å². The molecule has 9 nitrogen and oxygen atoms in total. The normalized spacial score (nSPS) is 11.4. The minimum Gasteiger partial charge on any atom is -0.481 e. The second-order valence-corrected chi connectivity index (χ2v) is 6.83. The van der Waals surface area contributed by atoms with Crippen LogP contribution in [0.2, 0.25) is 0 Å². The first kappa shape index (κ1) is 23.6. The lowest BCUT2D eigenvalue weighted by atomic mass is 9.94. The number of rotatable bonds is 11. The summed E-state index contributed by atoms with van der Waals surface area (Å²) in [5, 5.41) is 18.5. The maximum absolute atomic E-state index is 12.0. The molecule has 1 amide bonds. The van der Waals surface area contributed by atoms with Crippen LogP contribution in [-0.2, 0) is 32.2 Å². The Hall–Kier alpha value is -3.72. The highest BCUT2D eigenvalue weighted by molar-refractivity contribution is 5.87. The van der Waals surface area contributed by atoms with Crippen molar-refractivity contribution in [2.75, 3.05) is 0 Å². The summed E-state index contributed by atoms with van der Waals surface area (Å²) < 4.78 is 4.92. The molecule has 164 valence electrons. The van der Waals surface area contributed by atoms with Crippen molar-refractivity contribution in [2.24, 2.45) is 5.92 Å². The van der Waals surface area contributed by atoms with Gasteiger partial charge in [0.2, 0.25) is 5.91 Å². The highest BCUT2D eigenvalue weighted by Crippen LogP contribution is 2.17. The van der Waals surface area contributed by atoms with E-state index in [1.165, 1.54) is 19.1 Å². The van der Waals surface area contributed by atoms with E-state index in [9.17, 15) is 24.3 Å². The smallest absolute Gasteiger partial charge is 0.335 e. The largest absolute Gasteiger partial charge is 0.481 e. The van der Waals surface area contributed by atoms with Crippen molar-refractivity contribution in [2.45, 2.75) is 32.8 Å². The number of aliphatic carboxylic acids is 1. The summed E-state index contributed by atoms with van der Waals surface area (Å²) in [4.78, 5) is 50.6. The number of hydroxylamine groups is 1. The van der Waals surface area contributed by atoms with Gasteiger partial charge in [-0.05, 0) is 48.2 Å². The number of esters is 1. The summed E-state index contributed by atoms with van der Waals surface area (Å²) in [5.74, 6) is -3.50. The van der Waals surface area contributed by atoms with Crippen LogP contribution >= 0.6 is 0 Å². The van der Waals surface area contributed by atoms with Crippen LogP contribution in [0, 0.1) is 5.92 Å². The van der Waals surface area contributed by atoms with Crippen LogP contribution in [0.1, 0.15) is 41.3 Å². The fraction of sp³-hybridized carbons (Fsp3) is 0.273. The Morgan fingerprint density at radius 2 is 1.71 bits per heavy atom. The van der Waals surface area contributed by atoms with Crippen molar-refractivity contribution in [1.82, 2.24) is 5.48 Å². The number of ether oxygens (including phenoxy) is 1. The van der Waals surface area contributed by atoms with E-state index in [0.717, 1.165) is 5.56 Å². The molecule has 0 saturated carbocycles. The zero-order valence-corrected chi connectivity index (χ0v) is 16.9. The predicted molar refractivity (Wildman–Crippen MR) is 108 cm³/mol. The van der Waals surface area contributed by atoms with Crippen molar-refractivity contribution in [1.29, 1.82) is 0 Å². The third kappa shape index (κ3) is 8.27. The number of carbonyl (C=O) groups is 4. The van der Waals surface area contributed by atoms with Gasteiger partial charge in [-0.3, -0.25) is 19.2 Å². The van der Waals surface area contributed by atoms with Crippen LogP contribution in [0.15, 0.2) is 48.5 Å². The molecule has 2 aromatic carbocycles. The van der Waals surface area contributed by atoms with E-state index in [4.69, 9.17) is 14.7 Å². The topological polar surface area (TPSA) is 139 Å². The SMILES string of the molecule is CC(=O)Oc1ccc(CONC(=O)CC[C@@H](Cc2cccc(C(=O)O)c2)C(=O)O)cc1. The Morgan fingerprint density at radius 3 is 2.32 bits per heavy atom. The number of nitrogens with one attached hydrogen (secondary N) is 1. The van der Waals surface area contributed by atoms with E-state index in [1.807, 2.05) is 0 Å². The summed E-state index contributed by atoms with van der Waals surface area (Å²) in [7, 11) is 0. The molecule has 0 unspecified atom stereocenters. The minimum absolute atomic E-state index is 0.0684. The molecule has 2 aromatic rings. The molecule has 0 fully saturated rings. The first-order valence-electron chi connectivity index (χ1n) is 9.47. The van der Waals surface area contributed by atoms with Crippen LogP contribution in [0.3, 0.4) is 0 Å². The molecule has 0 aliphatic heterocycles. The van der Waals surface area contributed by atoms with E-state index in [1.54, 1.807) is 36.4 Å². The van der Waals surface area contributed by atoms with Crippen LogP contribution < -0.4 is 10.2 Å². The van der Waals surface area contributed by atoms with Crippen molar-refractivity contribution in [3.8, 4) is 5.75 Å². The second-order valence-electron chi connectivity index (χ2n) is 6.83. The summed E-state index contributed by atoms with van der Waals surface area (Å²) in [5.41, 5.74) is 3.65. The van der Waals surface area contributed by atoms with Gasteiger partial charge >= 0.3 is 17.9 Å². The number of carboxylic acid groups (broad SMARTS) is 2. The fourth-order valence-corrected chi connectivity index (χ4v) is 2.80. The molecule has 2 rings (SSSR count). The molecule has 0 radical (unpaired) electrons. The molecule has 0 aromatic heterocycles.